The van der Waals surface area contributed by atoms with Crippen LogP contribution in [0.4, 0.5) is 13.2 Å². The molecule has 8 heteroatoms. The molecule has 0 radical (unpaired) electrons. The molecule has 0 aromatic heterocycles. The maximum atomic E-state index is 13.7. The number of benzene rings is 1. The maximum Gasteiger partial charge on any atom is 0.439 e. The number of carbonyl (C=O) groups is 1. The topological polar surface area (TPSA) is 62.1 Å². The van der Waals surface area contributed by atoms with E-state index >= 15 is 0 Å². The Hall–Kier alpha value is -2.09. The zero-order valence-electron chi connectivity index (χ0n) is 13.7. The fourth-order valence-corrected chi connectivity index (χ4v) is 3.38. The average molecular weight is 356 g/mol. The molecular weight excluding hydrogens is 337 g/mol. The first-order valence-electron chi connectivity index (χ1n) is 8.11. The molecule has 0 bridgehead atoms. The zero-order valence-corrected chi connectivity index (χ0v) is 13.7. The second kappa shape index (κ2) is 6.33. The van der Waals surface area contributed by atoms with Crippen LogP contribution in [0.2, 0.25) is 0 Å². The van der Waals surface area contributed by atoms with E-state index in [-0.39, 0.29) is 23.1 Å². The number of amides is 1. The van der Waals surface area contributed by atoms with Crippen molar-refractivity contribution in [3.8, 4) is 5.75 Å². The Kier molecular flexibility index (Phi) is 4.49. The number of hydrogen-bond donors (Lipinski definition) is 1. The van der Waals surface area contributed by atoms with E-state index < -0.39 is 30.3 Å². The molecule has 1 aromatic rings. The van der Waals surface area contributed by atoms with Gasteiger partial charge in [-0.2, -0.15) is 23.3 Å². The summed E-state index contributed by atoms with van der Waals surface area (Å²) < 4.78 is 46.2. The van der Waals surface area contributed by atoms with Crippen LogP contribution in [0.25, 0.3) is 0 Å². The summed E-state index contributed by atoms with van der Waals surface area (Å²) in [5, 5.41) is 14.5. The van der Waals surface area contributed by atoms with Gasteiger partial charge in [0.2, 0.25) is 0 Å². The molecule has 0 unspecified atom stereocenters. The van der Waals surface area contributed by atoms with Crippen LogP contribution in [0.15, 0.2) is 35.4 Å². The van der Waals surface area contributed by atoms with Crippen LogP contribution in [0, 0.1) is 11.8 Å². The van der Waals surface area contributed by atoms with E-state index in [4.69, 9.17) is 4.74 Å². The number of rotatable bonds is 3. The predicted octanol–water partition coefficient (Wildman–Crippen LogP) is 2.95. The molecule has 0 saturated heterocycles. The van der Waals surface area contributed by atoms with Gasteiger partial charge >= 0.3 is 6.18 Å². The fraction of sp³-hybridized carbons (Fsp3) is 0.529. The summed E-state index contributed by atoms with van der Waals surface area (Å²) in [5.41, 5.74) is -3.08. The van der Waals surface area contributed by atoms with Crippen LogP contribution in [0.1, 0.15) is 26.2 Å². The second-order valence-corrected chi connectivity index (χ2v) is 6.55. The van der Waals surface area contributed by atoms with Crippen molar-refractivity contribution in [3.05, 3.63) is 30.3 Å². The third-order valence-corrected chi connectivity index (χ3v) is 4.73. The van der Waals surface area contributed by atoms with Gasteiger partial charge in [0.1, 0.15) is 5.75 Å². The van der Waals surface area contributed by atoms with Gasteiger partial charge in [-0.1, -0.05) is 25.1 Å². The van der Waals surface area contributed by atoms with Gasteiger partial charge in [0, 0.05) is 5.71 Å². The van der Waals surface area contributed by atoms with Crippen molar-refractivity contribution in [2.75, 3.05) is 6.61 Å². The highest BCUT2D eigenvalue weighted by Crippen LogP contribution is 2.49. The van der Waals surface area contributed by atoms with Crippen molar-refractivity contribution >= 4 is 11.6 Å². The molecule has 1 saturated carbocycles. The van der Waals surface area contributed by atoms with Crippen LogP contribution in [0.3, 0.4) is 0 Å². The quantitative estimate of drug-likeness (QED) is 0.906. The predicted molar refractivity (Wildman–Crippen MR) is 83.7 cm³/mol. The number of carbonyl (C=O) groups excluding carboxylic acids is 1. The number of hydrazone groups is 1. The third-order valence-electron chi connectivity index (χ3n) is 4.73. The summed E-state index contributed by atoms with van der Waals surface area (Å²) in [6, 6.07) is 8.27. The number of ether oxygens (including phenoxy) is 1. The minimum absolute atomic E-state index is 0.0217. The Bertz CT molecular complexity index is 677. The summed E-state index contributed by atoms with van der Waals surface area (Å²) in [4.78, 5) is 12.3. The number of aliphatic hydroxyl groups is 1. The molecule has 1 N–H and O–H groups in total. The number of fused-ring (bicyclic) bond motifs is 1. The molecule has 1 fully saturated rings. The first-order valence-corrected chi connectivity index (χ1v) is 8.11. The maximum absolute atomic E-state index is 13.7. The van der Waals surface area contributed by atoms with Gasteiger partial charge in [-0.05, 0) is 37.3 Å². The Labute approximate surface area is 143 Å². The second-order valence-electron chi connectivity index (χ2n) is 6.55. The summed E-state index contributed by atoms with van der Waals surface area (Å²) in [6.07, 6.45) is -3.85. The Balaban J connectivity index is 1.83. The number of halogens is 3. The van der Waals surface area contributed by atoms with Crippen LogP contribution in [-0.2, 0) is 4.79 Å². The molecule has 1 heterocycles. The number of hydrogen-bond acceptors (Lipinski definition) is 4. The lowest BCUT2D eigenvalue weighted by molar-refractivity contribution is -0.318. The molecule has 3 rings (SSSR count). The monoisotopic (exact) mass is 356 g/mol. The van der Waals surface area contributed by atoms with E-state index in [9.17, 15) is 23.1 Å². The summed E-state index contributed by atoms with van der Waals surface area (Å²) in [6.45, 7) is 1.19. The van der Waals surface area contributed by atoms with E-state index in [2.05, 4.69) is 5.10 Å². The first-order chi connectivity index (χ1) is 11.7. The van der Waals surface area contributed by atoms with Crippen molar-refractivity contribution in [2.24, 2.45) is 16.9 Å². The number of para-hydroxylation sites is 1. The summed E-state index contributed by atoms with van der Waals surface area (Å²) >= 11 is 0. The van der Waals surface area contributed by atoms with Gasteiger partial charge in [-0.25, -0.2) is 0 Å². The standard InChI is InChI=1S/C17H19F3N2O3/c1-11-7-8-14-13(9-11)16(24,17(18,19)20)22(21-14)15(23)10-25-12-5-3-2-4-6-12/h2-6,11,13,24H,7-10H2,1H3/t11-,13-,16-/m1/s1. The molecule has 25 heavy (non-hydrogen) atoms. The van der Waals surface area contributed by atoms with Crippen LogP contribution in [-0.4, -0.2) is 40.2 Å². The lowest BCUT2D eigenvalue weighted by Gasteiger charge is -2.39. The highest BCUT2D eigenvalue weighted by molar-refractivity contribution is 5.93. The highest BCUT2D eigenvalue weighted by Gasteiger charge is 2.68. The smallest absolute Gasteiger partial charge is 0.439 e. The van der Waals surface area contributed by atoms with E-state index in [0.29, 0.717) is 18.6 Å². The van der Waals surface area contributed by atoms with Gasteiger partial charge in [0.25, 0.3) is 11.6 Å². The average Bonchev–Trinajstić information content (AvgIpc) is 2.87. The Morgan fingerprint density at radius 2 is 2.08 bits per heavy atom. The van der Waals surface area contributed by atoms with E-state index in [0.717, 1.165) is 0 Å². The molecule has 136 valence electrons. The van der Waals surface area contributed by atoms with Crippen LogP contribution < -0.4 is 4.74 Å². The number of alkyl halides is 3. The molecule has 1 aromatic carbocycles. The normalized spacial score (nSPS) is 29.2. The zero-order chi connectivity index (χ0) is 18.2. The van der Waals surface area contributed by atoms with E-state index in [1.165, 1.54) is 0 Å². The molecule has 1 aliphatic carbocycles. The Morgan fingerprint density at radius 3 is 2.72 bits per heavy atom. The van der Waals surface area contributed by atoms with Gasteiger partial charge in [-0.3, -0.25) is 4.79 Å². The SMILES string of the molecule is C[C@@H]1CCC2=NN(C(=O)COc3ccccc3)[C@](O)(C(F)(F)F)[C@@H]2C1. The summed E-state index contributed by atoms with van der Waals surface area (Å²) in [5.74, 6) is -1.88. The number of nitrogens with zero attached hydrogens (tertiary/aromatic N) is 2. The highest BCUT2D eigenvalue weighted by atomic mass is 19.4. The van der Waals surface area contributed by atoms with E-state index in [1.807, 2.05) is 6.92 Å². The fourth-order valence-electron chi connectivity index (χ4n) is 3.38. The van der Waals surface area contributed by atoms with Crippen molar-refractivity contribution in [1.29, 1.82) is 0 Å². The minimum Gasteiger partial charge on any atom is -0.484 e. The van der Waals surface area contributed by atoms with Gasteiger partial charge in [0.05, 0.1) is 5.92 Å². The molecule has 2 aliphatic rings. The molecule has 1 amide bonds. The lowest BCUT2D eigenvalue weighted by atomic mass is 9.76. The molecule has 3 atom stereocenters. The minimum atomic E-state index is -5.01. The first kappa shape index (κ1) is 17.7. The van der Waals surface area contributed by atoms with Gasteiger partial charge in [-0.15, -0.1) is 0 Å². The van der Waals surface area contributed by atoms with Crippen LogP contribution >= 0.6 is 0 Å². The van der Waals surface area contributed by atoms with Crippen molar-refractivity contribution in [1.82, 2.24) is 5.01 Å². The largest absolute Gasteiger partial charge is 0.484 e. The lowest BCUT2D eigenvalue weighted by Crippen LogP contribution is -2.62. The van der Waals surface area contributed by atoms with Crippen molar-refractivity contribution in [3.63, 3.8) is 0 Å². The summed E-state index contributed by atoms with van der Waals surface area (Å²) in [7, 11) is 0. The van der Waals surface area contributed by atoms with Crippen molar-refractivity contribution in [2.45, 2.75) is 38.1 Å². The van der Waals surface area contributed by atoms with Crippen molar-refractivity contribution < 1.29 is 27.8 Å². The van der Waals surface area contributed by atoms with Gasteiger partial charge in [0.15, 0.2) is 6.61 Å². The molecular formula is C17H19F3N2O3. The third kappa shape index (κ3) is 3.10. The molecule has 1 aliphatic heterocycles. The van der Waals surface area contributed by atoms with Gasteiger partial charge < -0.3 is 9.84 Å². The molecule has 5 nitrogen and oxygen atoms in total. The van der Waals surface area contributed by atoms with E-state index in [1.54, 1.807) is 30.3 Å². The van der Waals surface area contributed by atoms with Crippen LogP contribution in [0.5, 0.6) is 5.75 Å². The Morgan fingerprint density at radius 1 is 1.40 bits per heavy atom. The molecule has 0 spiro atoms.